The minimum atomic E-state index is 0.109. The largest absolute Gasteiger partial charge is 0.459 e. The van der Waals surface area contributed by atoms with Gasteiger partial charge >= 0.3 is 6.01 Å². The highest BCUT2D eigenvalue weighted by Crippen LogP contribution is 2.18. The number of nitrogens with zero attached hydrogens (tertiary/aromatic N) is 4. The van der Waals surface area contributed by atoms with Crippen molar-refractivity contribution >= 4 is 11.6 Å². The standard InChI is InChI=1S/C13H20N6O/c1-8(2)10-6-11-16-13(17-12(14)19(11)18-10)20-9-4-3-5-15-7-9/h6,8-9,15H,3-5,7H2,1-2H3,(H2,14,16,17). The molecule has 20 heavy (non-hydrogen) atoms. The molecule has 0 bridgehead atoms. The fraction of sp³-hybridized carbons (Fsp3) is 0.615. The van der Waals surface area contributed by atoms with Crippen LogP contribution in [0.3, 0.4) is 0 Å². The van der Waals surface area contributed by atoms with E-state index in [2.05, 4.69) is 34.2 Å². The van der Waals surface area contributed by atoms with Gasteiger partial charge in [0.05, 0.1) is 5.69 Å². The molecule has 0 amide bonds. The molecule has 1 aliphatic heterocycles. The number of nitrogens with two attached hydrogens (primary N) is 1. The first-order valence-corrected chi connectivity index (χ1v) is 7.04. The molecule has 1 unspecified atom stereocenters. The van der Waals surface area contributed by atoms with Gasteiger partial charge in [0.1, 0.15) is 6.10 Å². The average Bonchev–Trinajstić information content (AvgIpc) is 2.84. The van der Waals surface area contributed by atoms with Crippen molar-refractivity contribution in [2.24, 2.45) is 0 Å². The van der Waals surface area contributed by atoms with Crippen LogP contribution < -0.4 is 15.8 Å². The second kappa shape index (κ2) is 5.24. The Hall–Kier alpha value is -1.89. The van der Waals surface area contributed by atoms with E-state index < -0.39 is 0 Å². The maximum absolute atomic E-state index is 5.93. The molecule has 1 fully saturated rings. The molecule has 2 aromatic rings. The van der Waals surface area contributed by atoms with E-state index in [4.69, 9.17) is 10.5 Å². The maximum Gasteiger partial charge on any atom is 0.322 e. The number of fused-ring (bicyclic) bond motifs is 1. The number of nitrogens with one attached hydrogen (secondary N) is 1. The number of ether oxygens (including phenoxy) is 1. The Kier molecular flexibility index (Phi) is 3.43. The number of rotatable bonds is 3. The first kappa shape index (κ1) is 13.1. The molecule has 7 heteroatoms. The smallest absolute Gasteiger partial charge is 0.322 e. The Morgan fingerprint density at radius 3 is 3.00 bits per heavy atom. The highest BCUT2D eigenvalue weighted by atomic mass is 16.5. The summed E-state index contributed by atoms with van der Waals surface area (Å²) in [4.78, 5) is 8.58. The van der Waals surface area contributed by atoms with Crippen molar-refractivity contribution in [1.29, 1.82) is 0 Å². The normalized spacial score (nSPS) is 19.6. The van der Waals surface area contributed by atoms with E-state index in [0.717, 1.165) is 31.6 Å². The zero-order valence-corrected chi connectivity index (χ0v) is 11.8. The monoisotopic (exact) mass is 276 g/mol. The SMILES string of the molecule is CC(C)c1cc2nc(OC3CCCNC3)nc(N)n2n1. The lowest BCUT2D eigenvalue weighted by Gasteiger charge is -2.22. The quantitative estimate of drug-likeness (QED) is 0.868. The molecular formula is C13H20N6O. The third-order valence-corrected chi connectivity index (χ3v) is 3.46. The van der Waals surface area contributed by atoms with Crippen molar-refractivity contribution in [3.8, 4) is 6.01 Å². The Morgan fingerprint density at radius 2 is 2.30 bits per heavy atom. The topological polar surface area (TPSA) is 90.4 Å². The first-order valence-electron chi connectivity index (χ1n) is 7.04. The van der Waals surface area contributed by atoms with E-state index in [1.54, 1.807) is 4.52 Å². The fourth-order valence-electron chi connectivity index (χ4n) is 2.31. The van der Waals surface area contributed by atoms with Crippen LogP contribution in [-0.4, -0.2) is 38.8 Å². The van der Waals surface area contributed by atoms with E-state index in [1.165, 1.54) is 0 Å². The summed E-state index contributed by atoms with van der Waals surface area (Å²) in [5.74, 6) is 0.628. The number of anilines is 1. The summed E-state index contributed by atoms with van der Waals surface area (Å²) in [6.45, 7) is 6.03. The van der Waals surface area contributed by atoms with Crippen LogP contribution in [0.2, 0.25) is 0 Å². The molecule has 2 aromatic heterocycles. The fourth-order valence-corrected chi connectivity index (χ4v) is 2.31. The van der Waals surface area contributed by atoms with Gasteiger partial charge in [-0.3, -0.25) is 0 Å². The first-order chi connectivity index (χ1) is 9.63. The zero-order chi connectivity index (χ0) is 14.1. The number of piperidine rings is 1. The number of nitrogen functional groups attached to an aromatic ring is 1. The predicted molar refractivity (Wildman–Crippen MR) is 75.8 cm³/mol. The van der Waals surface area contributed by atoms with Crippen molar-refractivity contribution in [2.45, 2.75) is 38.7 Å². The highest BCUT2D eigenvalue weighted by molar-refractivity contribution is 5.45. The molecule has 0 saturated carbocycles. The molecule has 0 aromatic carbocycles. The Morgan fingerprint density at radius 1 is 1.45 bits per heavy atom. The van der Waals surface area contributed by atoms with Crippen LogP contribution >= 0.6 is 0 Å². The zero-order valence-electron chi connectivity index (χ0n) is 11.8. The van der Waals surface area contributed by atoms with Crippen molar-refractivity contribution in [3.63, 3.8) is 0 Å². The lowest BCUT2D eigenvalue weighted by Crippen LogP contribution is -2.37. The third-order valence-electron chi connectivity index (χ3n) is 3.46. The maximum atomic E-state index is 5.93. The van der Waals surface area contributed by atoms with Gasteiger partial charge in [-0.1, -0.05) is 13.8 Å². The van der Waals surface area contributed by atoms with Crippen LogP contribution in [0.4, 0.5) is 5.95 Å². The molecule has 3 rings (SSSR count). The van der Waals surface area contributed by atoms with Gasteiger partial charge in [-0.05, 0) is 25.3 Å². The van der Waals surface area contributed by atoms with Gasteiger partial charge in [0.15, 0.2) is 5.65 Å². The van der Waals surface area contributed by atoms with E-state index in [9.17, 15) is 0 Å². The molecule has 0 aliphatic carbocycles. The highest BCUT2D eigenvalue weighted by Gasteiger charge is 2.17. The van der Waals surface area contributed by atoms with Gasteiger partial charge < -0.3 is 15.8 Å². The van der Waals surface area contributed by atoms with E-state index in [1.807, 2.05) is 6.07 Å². The Bertz CT molecular complexity index is 602. The van der Waals surface area contributed by atoms with E-state index in [-0.39, 0.29) is 6.10 Å². The summed E-state index contributed by atoms with van der Waals surface area (Å²) < 4.78 is 7.36. The second-order valence-corrected chi connectivity index (χ2v) is 5.44. The van der Waals surface area contributed by atoms with Crippen LogP contribution in [-0.2, 0) is 0 Å². The van der Waals surface area contributed by atoms with Crippen LogP contribution in [0.25, 0.3) is 5.65 Å². The molecule has 3 heterocycles. The van der Waals surface area contributed by atoms with Gasteiger partial charge in [-0.25, -0.2) is 0 Å². The average molecular weight is 276 g/mol. The molecule has 1 aliphatic rings. The van der Waals surface area contributed by atoms with E-state index >= 15 is 0 Å². The molecule has 1 saturated heterocycles. The molecule has 3 N–H and O–H groups in total. The molecule has 1 atom stereocenters. The van der Waals surface area contributed by atoms with Crippen molar-refractivity contribution < 1.29 is 4.74 Å². The number of hydrogen-bond donors (Lipinski definition) is 2. The summed E-state index contributed by atoms with van der Waals surface area (Å²) in [6.07, 6.45) is 2.22. The minimum Gasteiger partial charge on any atom is -0.459 e. The summed E-state index contributed by atoms with van der Waals surface area (Å²) in [5.41, 5.74) is 7.56. The molecule has 0 radical (unpaired) electrons. The van der Waals surface area contributed by atoms with Gasteiger partial charge in [0, 0.05) is 12.6 Å². The molecular weight excluding hydrogens is 256 g/mol. The molecule has 0 spiro atoms. The van der Waals surface area contributed by atoms with Crippen molar-refractivity contribution in [1.82, 2.24) is 24.9 Å². The predicted octanol–water partition coefficient (Wildman–Crippen LogP) is 0.961. The van der Waals surface area contributed by atoms with Crippen LogP contribution in [0.1, 0.15) is 38.3 Å². The van der Waals surface area contributed by atoms with Gasteiger partial charge in [-0.2, -0.15) is 19.6 Å². The lowest BCUT2D eigenvalue weighted by molar-refractivity contribution is 0.153. The van der Waals surface area contributed by atoms with E-state index in [0.29, 0.717) is 23.5 Å². The summed E-state index contributed by atoms with van der Waals surface area (Å²) >= 11 is 0. The summed E-state index contributed by atoms with van der Waals surface area (Å²) in [5, 5.41) is 7.69. The lowest BCUT2D eigenvalue weighted by atomic mass is 10.1. The summed E-state index contributed by atoms with van der Waals surface area (Å²) in [7, 11) is 0. The minimum absolute atomic E-state index is 0.109. The van der Waals surface area contributed by atoms with Gasteiger partial charge in [0.25, 0.3) is 0 Å². The van der Waals surface area contributed by atoms with Crippen molar-refractivity contribution in [3.05, 3.63) is 11.8 Å². The molecule has 108 valence electrons. The van der Waals surface area contributed by atoms with Crippen LogP contribution in [0, 0.1) is 0 Å². The van der Waals surface area contributed by atoms with Crippen molar-refractivity contribution in [2.75, 3.05) is 18.8 Å². The summed E-state index contributed by atoms with van der Waals surface area (Å²) in [6, 6.07) is 2.26. The second-order valence-electron chi connectivity index (χ2n) is 5.44. The van der Waals surface area contributed by atoms with Gasteiger partial charge in [0.2, 0.25) is 5.95 Å². The Balaban J connectivity index is 1.88. The van der Waals surface area contributed by atoms with Crippen LogP contribution in [0.5, 0.6) is 6.01 Å². The number of hydrogen-bond acceptors (Lipinski definition) is 6. The third kappa shape index (κ3) is 2.53. The Labute approximate surface area is 117 Å². The number of aromatic nitrogens is 4. The molecule has 7 nitrogen and oxygen atoms in total. The van der Waals surface area contributed by atoms with Gasteiger partial charge in [-0.15, -0.1) is 0 Å². The van der Waals surface area contributed by atoms with Crippen LogP contribution in [0.15, 0.2) is 6.07 Å².